The van der Waals surface area contributed by atoms with Crippen LogP contribution < -0.4 is 4.74 Å². The average Bonchev–Trinajstić information content (AvgIpc) is 3.45. The highest BCUT2D eigenvalue weighted by Crippen LogP contribution is 2.32. The van der Waals surface area contributed by atoms with E-state index in [1.54, 1.807) is 13.3 Å². The first-order chi connectivity index (χ1) is 18.0. The van der Waals surface area contributed by atoms with Gasteiger partial charge in [0, 0.05) is 39.8 Å². The van der Waals surface area contributed by atoms with Crippen LogP contribution in [0.5, 0.6) is 5.75 Å². The fourth-order valence-corrected chi connectivity index (χ4v) is 5.10. The number of aliphatic hydroxyl groups is 1. The van der Waals surface area contributed by atoms with Crippen LogP contribution >= 0.6 is 0 Å². The molecule has 37 heavy (non-hydrogen) atoms. The van der Waals surface area contributed by atoms with E-state index in [4.69, 9.17) is 4.74 Å². The quantitative estimate of drug-likeness (QED) is 0.250. The molecule has 2 aromatic heterocycles. The lowest BCUT2D eigenvalue weighted by Gasteiger charge is -2.16. The van der Waals surface area contributed by atoms with Crippen molar-refractivity contribution in [2.24, 2.45) is 0 Å². The largest absolute Gasteiger partial charge is 0.491 e. The molecule has 0 amide bonds. The summed E-state index contributed by atoms with van der Waals surface area (Å²) in [6.07, 6.45) is 1.01. The van der Waals surface area contributed by atoms with Gasteiger partial charge in [-0.15, -0.1) is 0 Å². The molecule has 0 bridgehead atoms. The number of aryl methyl sites for hydroxylation is 1. The zero-order valence-corrected chi connectivity index (χ0v) is 21.4. The molecule has 0 saturated heterocycles. The summed E-state index contributed by atoms with van der Waals surface area (Å²) in [5, 5.41) is 11.8. The normalized spacial score (nSPS) is 12.1. The van der Waals surface area contributed by atoms with Gasteiger partial charge in [-0.25, -0.2) is 4.98 Å². The third kappa shape index (κ3) is 4.80. The highest BCUT2D eigenvalue weighted by Gasteiger charge is 2.19. The maximum atomic E-state index is 12.3. The van der Waals surface area contributed by atoms with Crippen molar-refractivity contribution in [3.63, 3.8) is 0 Å². The Hall–Kier alpha value is -4.16. The Morgan fingerprint density at radius 3 is 2.32 bits per heavy atom. The van der Waals surface area contributed by atoms with Crippen LogP contribution in [0.15, 0.2) is 85.2 Å². The summed E-state index contributed by atoms with van der Waals surface area (Å²) in [5.41, 5.74) is 6.58. The Morgan fingerprint density at radius 1 is 1.00 bits per heavy atom. The van der Waals surface area contributed by atoms with Crippen LogP contribution in [0, 0.1) is 6.92 Å². The van der Waals surface area contributed by atoms with E-state index in [2.05, 4.69) is 28.6 Å². The predicted octanol–water partition coefficient (Wildman–Crippen LogP) is 6.14. The topological polar surface area (TPSA) is 69.3 Å². The molecule has 0 saturated carbocycles. The number of hydrogen-bond donors (Lipinski definition) is 1. The second kappa shape index (κ2) is 10.4. The van der Waals surface area contributed by atoms with E-state index in [1.807, 2.05) is 78.2 Å². The van der Waals surface area contributed by atoms with Gasteiger partial charge in [0.25, 0.3) is 0 Å². The molecule has 0 spiro atoms. The van der Waals surface area contributed by atoms with Crippen molar-refractivity contribution in [1.82, 2.24) is 14.1 Å². The number of rotatable bonds is 9. The predicted molar refractivity (Wildman–Crippen MR) is 147 cm³/mol. The Labute approximate surface area is 216 Å². The number of benzene rings is 3. The molecule has 1 N–H and O–H groups in total. The first kappa shape index (κ1) is 24.5. The number of ketones is 1. The molecule has 6 heteroatoms. The van der Waals surface area contributed by atoms with Crippen LogP contribution in [0.2, 0.25) is 0 Å². The summed E-state index contributed by atoms with van der Waals surface area (Å²) in [7, 11) is 0. The minimum absolute atomic E-state index is 0.0367. The van der Waals surface area contributed by atoms with Gasteiger partial charge in [-0.2, -0.15) is 0 Å². The fraction of sp³-hybridized carbons (Fsp3) is 0.226. The summed E-state index contributed by atoms with van der Waals surface area (Å²) in [6.45, 7) is 6.87. The van der Waals surface area contributed by atoms with Crippen LogP contribution in [0.25, 0.3) is 33.4 Å². The summed E-state index contributed by atoms with van der Waals surface area (Å²) in [5.74, 6) is 0.663. The minimum Gasteiger partial charge on any atom is -0.491 e. The maximum absolute atomic E-state index is 12.3. The average molecular weight is 494 g/mol. The molecule has 0 aliphatic rings. The van der Waals surface area contributed by atoms with Crippen molar-refractivity contribution in [3.05, 3.63) is 96.4 Å². The van der Waals surface area contributed by atoms with E-state index < -0.39 is 6.10 Å². The first-order valence-corrected chi connectivity index (χ1v) is 12.6. The van der Waals surface area contributed by atoms with E-state index in [1.165, 1.54) is 0 Å². The van der Waals surface area contributed by atoms with Crippen LogP contribution in [0.4, 0.5) is 0 Å². The summed E-state index contributed by atoms with van der Waals surface area (Å²) >= 11 is 0. The Balaban J connectivity index is 1.38. The molecule has 0 aliphatic heterocycles. The molecule has 0 fully saturated rings. The number of aliphatic hydroxyl groups excluding tert-OH is 1. The zero-order valence-electron chi connectivity index (χ0n) is 21.4. The van der Waals surface area contributed by atoms with E-state index in [0.717, 1.165) is 51.2 Å². The Morgan fingerprint density at radius 2 is 1.68 bits per heavy atom. The molecular formula is C31H31N3O3. The van der Waals surface area contributed by atoms with E-state index in [0.29, 0.717) is 12.3 Å². The van der Waals surface area contributed by atoms with Crippen molar-refractivity contribution >= 4 is 16.7 Å². The molecule has 5 rings (SSSR count). The number of imidazole rings is 1. The third-order valence-electron chi connectivity index (χ3n) is 6.75. The number of hydrogen-bond acceptors (Lipinski definition) is 4. The number of nitrogens with zero attached hydrogens (tertiary/aromatic N) is 3. The van der Waals surface area contributed by atoms with Gasteiger partial charge in [0.05, 0.1) is 24.3 Å². The summed E-state index contributed by atoms with van der Waals surface area (Å²) in [6, 6.07) is 25.9. The van der Waals surface area contributed by atoms with Crippen LogP contribution in [0.1, 0.15) is 29.9 Å². The Kier molecular flexibility index (Phi) is 6.93. The van der Waals surface area contributed by atoms with Crippen molar-refractivity contribution in [1.29, 1.82) is 0 Å². The van der Waals surface area contributed by atoms with Gasteiger partial charge < -0.3 is 19.0 Å². The van der Waals surface area contributed by atoms with Gasteiger partial charge in [-0.05, 0) is 39.0 Å². The first-order valence-electron chi connectivity index (χ1n) is 12.6. The minimum atomic E-state index is -0.759. The van der Waals surface area contributed by atoms with Crippen LogP contribution in [0.3, 0.4) is 0 Å². The number of fused-ring (bicyclic) bond motifs is 1. The molecule has 3 aromatic carbocycles. The second-order valence-electron chi connectivity index (χ2n) is 9.23. The highest BCUT2D eigenvalue weighted by atomic mass is 16.5. The number of Topliss-reactive ketones (excluding diaryl/α,β-unsaturated/α-hetero) is 1. The maximum Gasteiger partial charge on any atom is 0.162 e. The lowest BCUT2D eigenvalue weighted by molar-refractivity contribution is 0.0929. The summed E-state index contributed by atoms with van der Waals surface area (Å²) in [4.78, 5) is 17.0. The van der Waals surface area contributed by atoms with E-state index in [9.17, 15) is 9.90 Å². The molecule has 2 heterocycles. The molecule has 0 aliphatic carbocycles. The monoisotopic (exact) mass is 493 g/mol. The van der Waals surface area contributed by atoms with Gasteiger partial charge in [-0.3, -0.25) is 4.79 Å². The molecule has 188 valence electrons. The SMILES string of the molecule is CCn1c(C)c(C(C)=O)c2cc(OCC(O)Cn3cnc(-c4ccccc4)c3-c3ccccc3)ccc21. The van der Waals surface area contributed by atoms with Gasteiger partial charge in [-0.1, -0.05) is 60.7 Å². The summed E-state index contributed by atoms with van der Waals surface area (Å²) < 4.78 is 10.1. The lowest BCUT2D eigenvalue weighted by atomic mass is 10.0. The van der Waals surface area contributed by atoms with Crippen molar-refractivity contribution in [3.8, 4) is 28.3 Å². The number of carbonyl (C=O) groups excluding carboxylic acids is 1. The van der Waals surface area contributed by atoms with Crippen LogP contribution in [-0.2, 0) is 13.1 Å². The third-order valence-corrected chi connectivity index (χ3v) is 6.75. The lowest BCUT2D eigenvalue weighted by Crippen LogP contribution is -2.23. The zero-order chi connectivity index (χ0) is 25.9. The molecular weight excluding hydrogens is 462 g/mol. The van der Waals surface area contributed by atoms with Gasteiger partial charge >= 0.3 is 0 Å². The molecule has 1 atom stereocenters. The standard InChI is InChI=1S/C31H31N3O3/c1-4-34-21(2)29(22(3)35)27-17-26(15-16-28(27)34)37-19-25(36)18-33-20-32-30(23-11-7-5-8-12-23)31(33)24-13-9-6-10-14-24/h5-17,20,25,36H,4,18-19H2,1-3H3. The Bertz CT molecular complexity index is 1530. The molecule has 5 aromatic rings. The highest BCUT2D eigenvalue weighted by molar-refractivity contribution is 6.08. The van der Waals surface area contributed by atoms with Gasteiger partial charge in [0.15, 0.2) is 5.78 Å². The molecule has 0 radical (unpaired) electrons. The van der Waals surface area contributed by atoms with Crippen LogP contribution in [-0.4, -0.2) is 37.7 Å². The van der Waals surface area contributed by atoms with E-state index >= 15 is 0 Å². The van der Waals surface area contributed by atoms with E-state index in [-0.39, 0.29) is 12.4 Å². The van der Waals surface area contributed by atoms with Gasteiger partial charge in [0.1, 0.15) is 18.5 Å². The fourth-order valence-electron chi connectivity index (χ4n) is 5.10. The van der Waals surface area contributed by atoms with Crippen molar-refractivity contribution in [2.75, 3.05) is 6.61 Å². The number of ether oxygens (including phenoxy) is 1. The van der Waals surface area contributed by atoms with Crippen molar-refractivity contribution in [2.45, 2.75) is 40.0 Å². The number of carbonyl (C=O) groups is 1. The van der Waals surface area contributed by atoms with Crippen molar-refractivity contribution < 1.29 is 14.6 Å². The second-order valence-corrected chi connectivity index (χ2v) is 9.23. The smallest absolute Gasteiger partial charge is 0.162 e. The number of aromatic nitrogens is 3. The molecule has 1 unspecified atom stereocenters. The van der Waals surface area contributed by atoms with Gasteiger partial charge in [0.2, 0.25) is 0 Å². The molecule has 6 nitrogen and oxygen atoms in total.